The molecule has 2 aliphatic carbocycles. The highest BCUT2D eigenvalue weighted by Crippen LogP contribution is 2.65. The number of hydrogen-bond donors (Lipinski definition) is 2. The van der Waals surface area contributed by atoms with Crippen LogP contribution in [0.4, 0.5) is 0 Å². The molecule has 1 aromatic carbocycles. The molecule has 30 heavy (non-hydrogen) atoms. The number of ether oxygens (including phenoxy) is 4. The maximum absolute atomic E-state index is 12.1. The van der Waals surface area contributed by atoms with Crippen molar-refractivity contribution < 1.29 is 29.2 Å². The molecule has 2 unspecified atom stereocenters. The van der Waals surface area contributed by atoms with E-state index in [2.05, 4.69) is 17.5 Å². The zero-order chi connectivity index (χ0) is 20.9. The standard InChI is InChI=1S/C23H31NO6/c1-3-9-24-10-8-22-19-15-4-5-17(29-14-28-12-11-27-2)20(19)30-21(22)16(25)6-7-23(22,26)18(24)13-15/h3-5,16,18,21,25-26H,1,6-14H2,2H3/t16?,18-,21?,22+,23-/m1/s1. The van der Waals surface area contributed by atoms with Crippen LogP contribution in [0.2, 0.25) is 0 Å². The van der Waals surface area contributed by atoms with Gasteiger partial charge in [-0.25, -0.2) is 0 Å². The molecule has 164 valence electrons. The fourth-order valence-electron chi connectivity index (χ4n) is 6.40. The molecule has 1 saturated carbocycles. The lowest BCUT2D eigenvalue weighted by molar-refractivity contribution is -0.206. The highest BCUT2D eigenvalue weighted by Gasteiger charge is 2.72. The van der Waals surface area contributed by atoms with Crippen molar-refractivity contribution in [2.45, 2.75) is 54.9 Å². The van der Waals surface area contributed by atoms with Crippen molar-refractivity contribution in [3.63, 3.8) is 0 Å². The number of aliphatic hydroxyl groups is 2. The largest absolute Gasteiger partial charge is 0.482 e. The highest BCUT2D eigenvalue weighted by atomic mass is 16.7. The summed E-state index contributed by atoms with van der Waals surface area (Å²) >= 11 is 0. The molecule has 2 N–H and O–H groups in total. The highest BCUT2D eigenvalue weighted by molar-refractivity contribution is 5.63. The van der Waals surface area contributed by atoms with E-state index in [9.17, 15) is 10.2 Å². The molecule has 0 amide bonds. The lowest BCUT2D eigenvalue weighted by Gasteiger charge is -2.63. The second-order valence-electron chi connectivity index (χ2n) is 8.88. The molecule has 2 aliphatic heterocycles. The third kappa shape index (κ3) is 2.63. The van der Waals surface area contributed by atoms with Crippen LogP contribution >= 0.6 is 0 Å². The van der Waals surface area contributed by atoms with E-state index in [1.54, 1.807) is 7.11 Å². The van der Waals surface area contributed by atoms with Crippen molar-refractivity contribution >= 4 is 0 Å². The first-order chi connectivity index (χ1) is 14.6. The molecule has 4 aliphatic rings. The Kier molecular flexibility index (Phi) is 5.07. The normalized spacial score (nSPS) is 36.2. The number of methoxy groups -OCH3 is 1. The van der Waals surface area contributed by atoms with Crippen molar-refractivity contribution in [2.75, 3.05) is 40.2 Å². The van der Waals surface area contributed by atoms with E-state index in [1.807, 2.05) is 12.1 Å². The molecule has 2 fully saturated rings. The van der Waals surface area contributed by atoms with E-state index in [0.717, 1.165) is 31.5 Å². The molecule has 1 aromatic rings. The molecule has 5 atom stereocenters. The number of hydrogen-bond acceptors (Lipinski definition) is 7. The van der Waals surface area contributed by atoms with Gasteiger partial charge < -0.3 is 29.2 Å². The van der Waals surface area contributed by atoms with Gasteiger partial charge >= 0.3 is 0 Å². The zero-order valence-electron chi connectivity index (χ0n) is 17.5. The molecule has 0 radical (unpaired) electrons. The van der Waals surface area contributed by atoms with Crippen molar-refractivity contribution in [3.05, 3.63) is 35.9 Å². The Balaban J connectivity index is 1.54. The summed E-state index contributed by atoms with van der Waals surface area (Å²) in [6, 6.07) is 4.00. The maximum Gasteiger partial charge on any atom is 0.189 e. The quantitative estimate of drug-likeness (QED) is 0.376. The van der Waals surface area contributed by atoms with Crippen molar-refractivity contribution in [1.82, 2.24) is 4.90 Å². The van der Waals surface area contributed by atoms with E-state index in [4.69, 9.17) is 18.9 Å². The van der Waals surface area contributed by atoms with E-state index >= 15 is 0 Å². The lowest BCUT2D eigenvalue weighted by Crippen LogP contribution is -2.77. The van der Waals surface area contributed by atoms with Crippen LogP contribution in [0.15, 0.2) is 24.8 Å². The number of piperidine rings is 1. The summed E-state index contributed by atoms with van der Waals surface area (Å²) < 4.78 is 22.8. The van der Waals surface area contributed by atoms with Gasteiger partial charge in [-0.05, 0) is 43.9 Å². The van der Waals surface area contributed by atoms with Gasteiger partial charge in [0.05, 0.1) is 30.3 Å². The van der Waals surface area contributed by atoms with Crippen LogP contribution in [0.3, 0.4) is 0 Å². The van der Waals surface area contributed by atoms with Gasteiger partial charge in [0.15, 0.2) is 18.3 Å². The minimum absolute atomic E-state index is 0.00885. The summed E-state index contributed by atoms with van der Waals surface area (Å²) in [5, 5.41) is 23.0. The summed E-state index contributed by atoms with van der Waals surface area (Å²) in [4.78, 5) is 2.34. The predicted molar refractivity (Wildman–Crippen MR) is 110 cm³/mol. The summed E-state index contributed by atoms with van der Waals surface area (Å²) in [6.07, 6.45) is 3.42. The lowest BCUT2D eigenvalue weighted by atomic mass is 9.48. The van der Waals surface area contributed by atoms with Crippen LogP contribution in [0, 0.1) is 0 Å². The van der Waals surface area contributed by atoms with Crippen molar-refractivity contribution in [3.8, 4) is 11.5 Å². The molecular formula is C23H31NO6. The van der Waals surface area contributed by atoms with Gasteiger partial charge in [0, 0.05) is 25.3 Å². The molecule has 7 nitrogen and oxygen atoms in total. The Morgan fingerprint density at radius 2 is 2.20 bits per heavy atom. The molecular weight excluding hydrogens is 386 g/mol. The van der Waals surface area contributed by atoms with Gasteiger partial charge in [-0.2, -0.15) is 0 Å². The fourth-order valence-corrected chi connectivity index (χ4v) is 6.40. The molecule has 1 spiro atoms. The average molecular weight is 418 g/mol. The summed E-state index contributed by atoms with van der Waals surface area (Å²) in [6.45, 7) is 6.54. The SMILES string of the molecule is C=CCN1CC[C@]23c4c5ccc(OCOCCOC)c4OC2C(O)CC[C@@]3(O)[C@H]1C5. The predicted octanol–water partition coefficient (Wildman–Crippen LogP) is 1.39. The van der Waals surface area contributed by atoms with Crippen LogP contribution in [0.25, 0.3) is 0 Å². The average Bonchev–Trinajstić information content (AvgIpc) is 3.09. The third-order valence-electron chi connectivity index (χ3n) is 7.62. The van der Waals surface area contributed by atoms with Crippen LogP contribution in [0.1, 0.15) is 30.4 Å². The molecule has 7 heteroatoms. The van der Waals surface area contributed by atoms with Gasteiger partial charge in [0.1, 0.15) is 6.10 Å². The Labute approximate surface area is 177 Å². The Hall–Kier alpha value is -1.64. The minimum atomic E-state index is -0.940. The first-order valence-electron chi connectivity index (χ1n) is 10.8. The second kappa shape index (κ2) is 7.50. The molecule has 2 bridgehead atoms. The van der Waals surface area contributed by atoms with E-state index in [-0.39, 0.29) is 12.8 Å². The molecule has 1 saturated heterocycles. The third-order valence-corrected chi connectivity index (χ3v) is 7.62. The minimum Gasteiger partial charge on any atom is -0.482 e. The topological polar surface area (TPSA) is 80.6 Å². The molecule has 5 rings (SSSR count). The van der Waals surface area contributed by atoms with Crippen LogP contribution in [0.5, 0.6) is 11.5 Å². The van der Waals surface area contributed by atoms with Crippen LogP contribution in [-0.4, -0.2) is 79.2 Å². The first-order valence-corrected chi connectivity index (χ1v) is 10.8. The Morgan fingerprint density at radius 3 is 3.00 bits per heavy atom. The van der Waals surface area contributed by atoms with Gasteiger partial charge in [-0.15, -0.1) is 6.58 Å². The smallest absolute Gasteiger partial charge is 0.189 e. The second-order valence-corrected chi connectivity index (χ2v) is 8.88. The number of aliphatic hydroxyl groups excluding tert-OH is 1. The van der Waals surface area contributed by atoms with Gasteiger partial charge in [-0.3, -0.25) is 4.90 Å². The Morgan fingerprint density at radius 1 is 1.33 bits per heavy atom. The van der Waals surface area contributed by atoms with Gasteiger partial charge in [0.25, 0.3) is 0 Å². The fraction of sp³-hybridized carbons (Fsp3) is 0.652. The van der Waals surface area contributed by atoms with E-state index in [1.165, 1.54) is 5.56 Å². The summed E-state index contributed by atoms with van der Waals surface area (Å²) in [5.74, 6) is 1.28. The van der Waals surface area contributed by atoms with Crippen molar-refractivity contribution in [2.24, 2.45) is 0 Å². The molecule has 2 heterocycles. The van der Waals surface area contributed by atoms with E-state index in [0.29, 0.717) is 37.6 Å². The van der Waals surface area contributed by atoms with Crippen molar-refractivity contribution in [1.29, 1.82) is 0 Å². The number of benzene rings is 1. The number of rotatable bonds is 8. The number of likely N-dealkylation sites (tertiary alicyclic amines) is 1. The molecule has 0 aromatic heterocycles. The Bertz CT molecular complexity index is 830. The first kappa shape index (κ1) is 20.3. The van der Waals surface area contributed by atoms with Gasteiger partial charge in [-0.1, -0.05) is 12.1 Å². The number of nitrogens with zero attached hydrogens (tertiary/aromatic N) is 1. The van der Waals surface area contributed by atoms with Gasteiger partial charge in [0.2, 0.25) is 0 Å². The maximum atomic E-state index is 12.1. The monoisotopic (exact) mass is 417 g/mol. The summed E-state index contributed by atoms with van der Waals surface area (Å²) in [7, 11) is 1.63. The van der Waals surface area contributed by atoms with Crippen LogP contribution < -0.4 is 9.47 Å². The summed E-state index contributed by atoms with van der Waals surface area (Å²) in [5.41, 5.74) is 0.672. The van der Waals surface area contributed by atoms with Crippen LogP contribution in [-0.2, 0) is 21.3 Å². The zero-order valence-corrected chi connectivity index (χ0v) is 17.5. The van der Waals surface area contributed by atoms with E-state index < -0.39 is 23.2 Å².